The topological polar surface area (TPSA) is 61.6 Å². The minimum Gasteiger partial charge on any atom is -0.324 e. The minimum atomic E-state index is 0.521. The molecule has 0 unspecified atom stereocenters. The molecule has 1 aromatic heterocycles. The van der Waals surface area contributed by atoms with Crippen LogP contribution in [0.4, 0.5) is 11.6 Å². The van der Waals surface area contributed by atoms with E-state index in [1.165, 1.54) is 0 Å². The highest BCUT2D eigenvalue weighted by atomic mass is 79.9. The van der Waals surface area contributed by atoms with Gasteiger partial charge in [0.2, 0.25) is 5.95 Å². The van der Waals surface area contributed by atoms with Gasteiger partial charge in [0.15, 0.2) is 0 Å². The van der Waals surface area contributed by atoms with Crippen LogP contribution in [0.25, 0.3) is 0 Å². The number of nitriles is 1. The van der Waals surface area contributed by atoms with Gasteiger partial charge < -0.3 is 5.32 Å². The van der Waals surface area contributed by atoms with Crippen LogP contribution >= 0.6 is 15.9 Å². The summed E-state index contributed by atoms with van der Waals surface area (Å²) in [7, 11) is 0. The van der Waals surface area contributed by atoms with Crippen molar-refractivity contribution in [1.29, 1.82) is 5.26 Å². The molecule has 4 nitrogen and oxygen atoms in total. The number of benzene rings is 1. The molecule has 0 atom stereocenters. The highest BCUT2D eigenvalue weighted by Gasteiger charge is 1.97. The fourth-order valence-electron chi connectivity index (χ4n) is 1.13. The van der Waals surface area contributed by atoms with Crippen molar-refractivity contribution in [1.82, 2.24) is 9.97 Å². The van der Waals surface area contributed by atoms with Crippen LogP contribution in [-0.4, -0.2) is 9.97 Å². The van der Waals surface area contributed by atoms with Crippen molar-refractivity contribution in [2.75, 3.05) is 5.32 Å². The predicted octanol–water partition coefficient (Wildman–Crippen LogP) is 2.85. The summed E-state index contributed by atoms with van der Waals surface area (Å²) in [4.78, 5) is 8.16. The molecule has 0 saturated heterocycles. The second kappa shape index (κ2) is 4.73. The summed E-state index contributed by atoms with van der Waals surface area (Å²) in [5, 5.41) is 11.7. The summed E-state index contributed by atoms with van der Waals surface area (Å²) < 4.78 is 0.831. The van der Waals surface area contributed by atoms with Crippen molar-refractivity contribution in [2.24, 2.45) is 0 Å². The quantitative estimate of drug-likeness (QED) is 0.915. The van der Waals surface area contributed by atoms with Gasteiger partial charge in [-0.1, -0.05) is 0 Å². The zero-order chi connectivity index (χ0) is 11.4. The molecule has 0 radical (unpaired) electrons. The molecular formula is C11H7BrN4. The van der Waals surface area contributed by atoms with Gasteiger partial charge in [-0.25, -0.2) is 9.97 Å². The molecule has 5 heteroatoms. The van der Waals surface area contributed by atoms with E-state index in [9.17, 15) is 0 Å². The lowest BCUT2D eigenvalue weighted by Crippen LogP contribution is -1.95. The Morgan fingerprint density at radius 2 is 1.75 bits per heavy atom. The molecule has 0 aliphatic heterocycles. The standard InChI is InChI=1S/C11H7BrN4/c12-9-6-14-11(15-7-9)16-10-3-1-8(5-13)2-4-10/h1-4,6-7H,(H,14,15,16). The molecule has 78 valence electrons. The third-order valence-corrected chi connectivity index (χ3v) is 2.30. The molecule has 2 rings (SSSR count). The Bertz CT molecular complexity index is 513. The van der Waals surface area contributed by atoms with Gasteiger partial charge in [-0.15, -0.1) is 0 Å². The van der Waals surface area contributed by atoms with Gasteiger partial charge >= 0.3 is 0 Å². The van der Waals surface area contributed by atoms with Gasteiger partial charge in [0.05, 0.1) is 16.1 Å². The Morgan fingerprint density at radius 1 is 1.12 bits per heavy atom. The van der Waals surface area contributed by atoms with Gasteiger partial charge in [0.25, 0.3) is 0 Å². The van der Waals surface area contributed by atoms with E-state index in [0.717, 1.165) is 10.2 Å². The van der Waals surface area contributed by atoms with E-state index < -0.39 is 0 Å². The number of anilines is 2. The second-order valence-electron chi connectivity index (χ2n) is 3.04. The van der Waals surface area contributed by atoms with E-state index in [0.29, 0.717) is 11.5 Å². The van der Waals surface area contributed by atoms with Crippen molar-refractivity contribution >= 4 is 27.6 Å². The summed E-state index contributed by atoms with van der Waals surface area (Å²) in [6.45, 7) is 0. The molecule has 0 bridgehead atoms. The van der Waals surface area contributed by atoms with Gasteiger partial charge in [-0.05, 0) is 40.2 Å². The molecule has 0 aliphatic rings. The molecule has 1 N–H and O–H groups in total. The fourth-order valence-corrected chi connectivity index (χ4v) is 1.34. The number of hydrogen-bond acceptors (Lipinski definition) is 4. The highest BCUT2D eigenvalue weighted by molar-refractivity contribution is 9.10. The van der Waals surface area contributed by atoms with Crippen LogP contribution in [0.1, 0.15) is 5.56 Å². The van der Waals surface area contributed by atoms with Crippen LogP contribution in [0.15, 0.2) is 41.1 Å². The first kappa shape index (κ1) is 10.6. The van der Waals surface area contributed by atoms with E-state index in [1.54, 1.807) is 24.5 Å². The number of aromatic nitrogens is 2. The van der Waals surface area contributed by atoms with Crippen LogP contribution in [0, 0.1) is 11.3 Å². The first-order valence-electron chi connectivity index (χ1n) is 4.52. The maximum atomic E-state index is 8.65. The summed E-state index contributed by atoms with van der Waals surface area (Å²) in [6.07, 6.45) is 3.33. The Kier molecular flexibility index (Phi) is 3.13. The SMILES string of the molecule is N#Cc1ccc(Nc2ncc(Br)cn2)cc1. The average molecular weight is 275 g/mol. The molecule has 0 fully saturated rings. The molecule has 2 aromatic rings. The molecule has 0 spiro atoms. The van der Waals surface area contributed by atoms with E-state index in [-0.39, 0.29) is 0 Å². The van der Waals surface area contributed by atoms with Crippen molar-refractivity contribution in [3.05, 3.63) is 46.7 Å². The largest absolute Gasteiger partial charge is 0.324 e. The van der Waals surface area contributed by atoms with Crippen molar-refractivity contribution in [3.63, 3.8) is 0 Å². The van der Waals surface area contributed by atoms with Crippen molar-refractivity contribution in [3.8, 4) is 6.07 Å². The molecule has 0 aliphatic carbocycles. The molecule has 16 heavy (non-hydrogen) atoms. The summed E-state index contributed by atoms with van der Waals surface area (Å²) in [6, 6.07) is 9.15. The smallest absolute Gasteiger partial charge is 0.227 e. The monoisotopic (exact) mass is 274 g/mol. The Hall–Kier alpha value is -1.93. The van der Waals surface area contributed by atoms with Gasteiger partial charge in [0.1, 0.15) is 0 Å². The number of nitrogens with one attached hydrogen (secondary N) is 1. The van der Waals surface area contributed by atoms with E-state index >= 15 is 0 Å². The second-order valence-corrected chi connectivity index (χ2v) is 3.95. The van der Waals surface area contributed by atoms with Crippen LogP contribution in [-0.2, 0) is 0 Å². The number of nitrogens with zero attached hydrogens (tertiary/aromatic N) is 3. The van der Waals surface area contributed by atoms with Crippen molar-refractivity contribution in [2.45, 2.75) is 0 Å². The first-order valence-corrected chi connectivity index (χ1v) is 5.32. The first-order chi connectivity index (χ1) is 7.78. The molecule has 0 amide bonds. The lowest BCUT2D eigenvalue weighted by molar-refractivity contribution is 1.15. The Morgan fingerprint density at radius 3 is 2.31 bits per heavy atom. The minimum absolute atomic E-state index is 0.521. The number of rotatable bonds is 2. The number of halogens is 1. The lowest BCUT2D eigenvalue weighted by atomic mass is 10.2. The van der Waals surface area contributed by atoms with Crippen LogP contribution in [0.3, 0.4) is 0 Å². The van der Waals surface area contributed by atoms with E-state index in [1.807, 2.05) is 12.1 Å². The van der Waals surface area contributed by atoms with E-state index in [2.05, 4.69) is 37.3 Å². The fraction of sp³-hybridized carbons (Fsp3) is 0. The summed E-state index contributed by atoms with van der Waals surface area (Å²) >= 11 is 3.26. The normalized spacial score (nSPS) is 9.50. The molecule has 1 aromatic carbocycles. The zero-order valence-corrected chi connectivity index (χ0v) is 9.77. The van der Waals surface area contributed by atoms with Gasteiger partial charge in [-0.2, -0.15) is 5.26 Å². The molecular weight excluding hydrogens is 268 g/mol. The van der Waals surface area contributed by atoms with Crippen LogP contribution in [0.2, 0.25) is 0 Å². The third kappa shape index (κ3) is 2.55. The van der Waals surface area contributed by atoms with Crippen LogP contribution < -0.4 is 5.32 Å². The zero-order valence-electron chi connectivity index (χ0n) is 8.18. The predicted molar refractivity (Wildman–Crippen MR) is 64.2 cm³/mol. The maximum Gasteiger partial charge on any atom is 0.227 e. The maximum absolute atomic E-state index is 8.65. The lowest BCUT2D eigenvalue weighted by Gasteiger charge is -2.03. The number of hydrogen-bond donors (Lipinski definition) is 1. The van der Waals surface area contributed by atoms with Gasteiger partial charge in [0, 0.05) is 18.1 Å². The Balaban J connectivity index is 2.15. The third-order valence-electron chi connectivity index (χ3n) is 1.89. The average Bonchev–Trinajstić information content (AvgIpc) is 2.33. The summed E-state index contributed by atoms with van der Waals surface area (Å²) in [5.41, 5.74) is 1.48. The summed E-state index contributed by atoms with van der Waals surface area (Å²) in [5.74, 6) is 0.521. The van der Waals surface area contributed by atoms with Crippen molar-refractivity contribution < 1.29 is 0 Å². The highest BCUT2D eigenvalue weighted by Crippen LogP contribution is 2.14. The Labute approximate surface area is 101 Å². The van der Waals surface area contributed by atoms with Gasteiger partial charge in [-0.3, -0.25) is 0 Å². The molecule has 1 heterocycles. The molecule has 0 saturated carbocycles. The van der Waals surface area contributed by atoms with Crippen LogP contribution in [0.5, 0.6) is 0 Å². The van der Waals surface area contributed by atoms with E-state index in [4.69, 9.17) is 5.26 Å².